The summed E-state index contributed by atoms with van der Waals surface area (Å²) >= 11 is 1.58. The first kappa shape index (κ1) is 18.3. The monoisotopic (exact) mass is 369 g/mol. The molecule has 5 nitrogen and oxygen atoms in total. The van der Waals surface area contributed by atoms with Crippen LogP contribution in [0, 0.1) is 6.92 Å². The molecule has 0 spiro atoms. The molecule has 0 unspecified atom stereocenters. The van der Waals surface area contributed by atoms with Gasteiger partial charge < -0.3 is 5.32 Å². The highest BCUT2D eigenvalue weighted by Gasteiger charge is 2.15. The zero-order chi connectivity index (χ0) is 18.8. The van der Waals surface area contributed by atoms with Crippen molar-refractivity contribution in [3.05, 3.63) is 52.4 Å². The maximum atomic E-state index is 12.3. The van der Waals surface area contributed by atoms with Crippen LogP contribution in [0.1, 0.15) is 25.3 Å². The maximum absolute atomic E-state index is 12.3. The van der Waals surface area contributed by atoms with E-state index in [1.807, 2.05) is 19.1 Å². The van der Waals surface area contributed by atoms with Gasteiger partial charge in [-0.3, -0.25) is 13.9 Å². The average Bonchev–Trinajstić information content (AvgIpc) is 2.81. The summed E-state index contributed by atoms with van der Waals surface area (Å²) in [7, 11) is 3.51. The molecular weight excluding hydrogens is 346 g/mol. The second-order valence-electron chi connectivity index (χ2n) is 6.45. The fourth-order valence-electron chi connectivity index (χ4n) is 2.88. The van der Waals surface area contributed by atoms with Gasteiger partial charge in [0.15, 0.2) is 0 Å². The summed E-state index contributed by atoms with van der Waals surface area (Å²) in [5.74, 6) is -0.0152. The SMILES string of the molecule is CCCC(=O)Nc1cc2c(cc1Sc1ccc(C)cc1)n(C)c(=O)n2C. The van der Waals surface area contributed by atoms with Crippen LogP contribution < -0.4 is 11.0 Å². The summed E-state index contributed by atoms with van der Waals surface area (Å²) in [6.07, 6.45) is 1.26. The highest BCUT2D eigenvalue weighted by Crippen LogP contribution is 2.36. The van der Waals surface area contributed by atoms with E-state index in [0.717, 1.165) is 32.9 Å². The second-order valence-corrected chi connectivity index (χ2v) is 7.57. The number of hydrogen-bond acceptors (Lipinski definition) is 3. The number of benzene rings is 2. The summed E-state index contributed by atoms with van der Waals surface area (Å²) in [6.45, 7) is 4.03. The number of fused-ring (bicyclic) bond motifs is 1. The molecule has 0 bridgehead atoms. The normalized spacial score (nSPS) is 11.1. The Morgan fingerprint density at radius 2 is 1.69 bits per heavy atom. The number of hydrogen-bond donors (Lipinski definition) is 1. The summed E-state index contributed by atoms with van der Waals surface area (Å²) in [6, 6.07) is 12.1. The topological polar surface area (TPSA) is 56.0 Å². The summed E-state index contributed by atoms with van der Waals surface area (Å²) < 4.78 is 3.23. The van der Waals surface area contributed by atoms with Crippen molar-refractivity contribution >= 4 is 34.4 Å². The van der Waals surface area contributed by atoms with Gasteiger partial charge in [-0.15, -0.1) is 0 Å². The molecule has 0 atom stereocenters. The molecular formula is C20H23N3O2S. The van der Waals surface area contributed by atoms with Crippen LogP contribution in [0.2, 0.25) is 0 Å². The van der Waals surface area contributed by atoms with E-state index in [1.54, 1.807) is 35.0 Å². The molecule has 1 amide bonds. The van der Waals surface area contributed by atoms with Crippen molar-refractivity contribution in [1.29, 1.82) is 0 Å². The third kappa shape index (κ3) is 3.55. The predicted molar refractivity (Wildman–Crippen MR) is 107 cm³/mol. The molecule has 0 fully saturated rings. The molecule has 6 heteroatoms. The molecule has 1 N–H and O–H groups in total. The number of aromatic nitrogens is 2. The molecule has 1 aromatic heterocycles. The minimum Gasteiger partial charge on any atom is -0.325 e. The quantitative estimate of drug-likeness (QED) is 0.737. The number of carbonyl (C=O) groups excluding carboxylic acids is 1. The minimum atomic E-state index is -0.0803. The average molecular weight is 369 g/mol. The van der Waals surface area contributed by atoms with Crippen LogP contribution in [0.4, 0.5) is 5.69 Å². The highest BCUT2D eigenvalue weighted by atomic mass is 32.2. The van der Waals surface area contributed by atoms with Crippen molar-refractivity contribution in [1.82, 2.24) is 9.13 Å². The molecule has 0 aliphatic carbocycles. The third-order valence-electron chi connectivity index (χ3n) is 4.37. The standard InChI is InChI=1S/C20H23N3O2S/c1-5-6-19(24)21-15-11-16-17(23(4)20(25)22(16)3)12-18(15)26-14-9-7-13(2)8-10-14/h7-12H,5-6H2,1-4H3,(H,21,24). The fraction of sp³-hybridized carbons (Fsp3) is 0.300. The Kier molecular flexibility index (Phi) is 5.23. The molecule has 0 radical (unpaired) electrons. The Balaban J connectivity index is 2.10. The third-order valence-corrected chi connectivity index (χ3v) is 5.44. The van der Waals surface area contributed by atoms with E-state index < -0.39 is 0 Å². The van der Waals surface area contributed by atoms with Gasteiger partial charge in [0.2, 0.25) is 5.91 Å². The fourth-order valence-corrected chi connectivity index (χ4v) is 3.80. The molecule has 0 aliphatic rings. The summed E-state index contributed by atoms with van der Waals surface area (Å²) in [5, 5.41) is 3.01. The lowest BCUT2D eigenvalue weighted by molar-refractivity contribution is -0.116. The molecule has 0 saturated heterocycles. The molecule has 3 rings (SSSR count). The zero-order valence-corrected chi connectivity index (χ0v) is 16.3. The predicted octanol–water partition coefficient (Wildman–Crippen LogP) is 4.08. The lowest BCUT2D eigenvalue weighted by Gasteiger charge is -2.12. The molecule has 26 heavy (non-hydrogen) atoms. The number of imidazole rings is 1. The largest absolute Gasteiger partial charge is 0.328 e. The van der Waals surface area contributed by atoms with Gasteiger partial charge in [-0.25, -0.2) is 4.79 Å². The maximum Gasteiger partial charge on any atom is 0.328 e. The van der Waals surface area contributed by atoms with Crippen LogP contribution in [0.15, 0.2) is 51.0 Å². The number of nitrogens with zero attached hydrogens (tertiary/aromatic N) is 2. The van der Waals surface area contributed by atoms with Crippen molar-refractivity contribution < 1.29 is 4.79 Å². The van der Waals surface area contributed by atoms with Gasteiger partial charge in [-0.1, -0.05) is 36.4 Å². The van der Waals surface area contributed by atoms with Crippen LogP contribution in [0.3, 0.4) is 0 Å². The van der Waals surface area contributed by atoms with Gasteiger partial charge in [0.05, 0.1) is 16.7 Å². The van der Waals surface area contributed by atoms with Crippen molar-refractivity contribution in [3.8, 4) is 0 Å². The van der Waals surface area contributed by atoms with E-state index in [1.165, 1.54) is 5.56 Å². The van der Waals surface area contributed by atoms with Gasteiger partial charge in [0, 0.05) is 30.3 Å². The summed E-state index contributed by atoms with van der Waals surface area (Å²) in [4.78, 5) is 26.4. The number of amides is 1. The van der Waals surface area contributed by atoms with Crippen LogP contribution in [0.5, 0.6) is 0 Å². The Labute approximate surface area is 157 Å². The van der Waals surface area contributed by atoms with Gasteiger partial charge in [0.1, 0.15) is 0 Å². The number of carbonyl (C=O) groups is 1. The smallest absolute Gasteiger partial charge is 0.325 e. The first-order chi connectivity index (χ1) is 12.4. The lowest BCUT2D eigenvalue weighted by Crippen LogP contribution is -2.19. The molecule has 0 saturated carbocycles. The zero-order valence-electron chi connectivity index (χ0n) is 15.5. The molecule has 0 aliphatic heterocycles. The summed E-state index contributed by atoms with van der Waals surface area (Å²) in [5.41, 5.74) is 3.51. The molecule has 1 heterocycles. The van der Waals surface area contributed by atoms with Crippen molar-refractivity contribution in [2.45, 2.75) is 36.5 Å². The Bertz CT molecular complexity index is 1020. The number of aryl methyl sites for hydroxylation is 3. The molecule has 136 valence electrons. The van der Waals surface area contributed by atoms with E-state index in [2.05, 4.69) is 36.5 Å². The Morgan fingerprint density at radius 1 is 1.08 bits per heavy atom. The molecule has 2 aromatic carbocycles. The molecule has 3 aromatic rings. The first-order valence-corrected chi connectivity index (χ1v) is 9.46. The van der Waals surface area contributed by atoms with Gasteiger partial charge in [0.25, 0.3) is 0 Å². The number of rotatable bonds is 5. The Hall–Kier alpha value is -2.47. The van der Waals surface area contributed by atoms with E-state index in [-0.39, 0.29) is 11.6 Å². The number of anilines is 1. The lowest BCUT2D eigenvalue weighted by atomic mass is 10.2. The van der Waals surface area contributed by atoms with E-state index >= 15 is 0 Å². The van der Waals surface area contributed by atoms with Crippen LogP contribution >= 0.6 is 11.8 Å². The first-order valence-electron chi connectivity index (χ1n) is 8.64. The van der Waals surface area contributed by atoms with Crippen LogP contribution in [-0.4, -0.2) is 15.0 Å². The van der Waals surface area contributed by atoms with E-state index in [0.29, 0.717) is 6.42 Å². The van der Waals surface area contributed by atoms with Crippen LogP contribution in [-0.2, 0) is 18.9 Å². The number of nitrogens with one attached hydrogen (secondary N) is 1. The van der Waals surface area contributed by atoms with Crippen LogP contribution in [0.25, 0.3) is 11.0 Å². The van der Waals surface area contributed by atoms with Crippen molar-refractivity contribution in [3.63, 3.8) is 0 Å². The van der Waals surface area contributed by atoms with Gasteiger partial charge in [-0.05, 0) is 37.6 Å². The van der Waals surface area contributed by atoms with Crippen molar-refractivity contribution in [2.24, 2.45) is 14.1 Å². The van der Waals surface area contributed by atoms with E-state index in [4.69, 9.17) is 0 Å². The Morgan fingerprint density at radius 3 is 2.31 bits per heavy atom. The van der Waals surface area contributed by atoms with Crippen molar-refractivity contribution in [2.75, 3.05) is 5.32 Å². The highest BCUT2D eigenvalue weighted by molar-refractivity contribution is 7.99. The minimum absolute atomic E-state index is 0.0152. The van der Waals surface area contributed by atoms with Gasteiger partial charge >= 0.3 is 5.69 Å². The van der Waals surface area contributed by atoms with E-state index in [9.17, 15) is 9.59 Å². The second kappa shape index (κ2) is 7.41. The van der Waals surface area contributed by atoms with Gasteiger partial charge in [-0.2, -0.15) is 0 Å².